The van der Waals surface area contributed by atoms with E-state index in [1.807, 2.05) is 49.4 Å². The number of nitrogens with zero attached hydrogens (tertiary/aromatic N) is 2. The highest BCUT2D eigenvalue weighted by atomic mass is 16.5. The van der Waals surface area contributed by atoms with E-state index in [1.54, 1.807) is 36.0 Å². The second-order valence-corrected chi connectivity index (χ2v) is 7.91. The molecule has 0 aliphatic carbocycles. The standard InChI is InChI=1S/C28H25N3O6/c1-3-35-28(34)20-10-13-22(14-11-20)29-25(32)18-36-26(33)16-12-21-17-31(23-7-5-4-6-8-23)30-27(21)24-15-9-19(2)37-24/h4-17H,3,18H2,1-2H3,(H,29,32). The molecule has 2 heterocycles. The molecule has 0 saturated carbocycles. The lowest BCUT2D eigenvalue weighted by molar-refractivity contribution is -0.142. The van der Waals surface area contributed by atoms with Gasteiger partial charge in [0.15, 0.2) is 12.4 Å². The first-order valence-electron chi connectivity index (χ1n) is 11.6. The normalized spacial score (nSPS) is 10.9. The Balaban J connectivity index is 1.38. The lowest BCUT2D eigenvalue weighted by atomic mass is 10.2. The van der Waals surface area contributed by atoms with Crippen LogP contribution in [0.25, 0.3) is 23.2 Å². The fourth-order valence-electron chi connectivity index (χ4n) is 3.42. The van der Waals surface area contributed by atoms with Crippen LogP contribution < -0.4 is 5.32 Å². The molecule has 188 valence electrons. The molecule has 0 bridgehead atoms. The molecule has 2 aromatic heterocycles. The first kappa shape index (κ1) is 25.2. The van der Waals surface area contributed by atoms with Crippen LogP contribution in [0.1, 0.15) is 28.6 Å². The van der Waals surface area contributed by atoms with Crippen molar-refractivity contribution < 1.29 is 28.3 Å². The summed E-state index contributed by atoms with van der Waals surface area (Å²) in [6.07, 6.45) is 4.57. The Morgan fingerprint density at radius 3 is 2.43 bits per heavy atom. The van der Waals surface area contributed by atoms with Crippen LogP contribution in [0.3, 0.4) is 0 Å². The summed E-state index contributed by atoms with van der Waals surface area (Å²) in [6, 6.07) is 19.4. The molecular formula is C28H25N3O6. The van der Waals surface area contributed by atoms with Gasteiger partial charge in [-0.2, -0.15) is 5.10 Å². The van der Waals surface area contributed by atoms with Gasteiger partial charge in [-0.1, -0.05) is 18.2 Å². The zero-order valence-corrected chi connectivity index (χ0v) is 20.3. The Kier molecular flexibility index (Phi) is 7.95. The molecule has 37 heavy (non-hydrogen) atoms. The van der Waals surface area contributed by atoms with Crippen molar-refractivity contribution in [2.24, 2.45) is 0 Å². The lowest BCUT2D eigenvalue weighted by Gasteiger charge is -2.06. The summed E-state index contributed by atoms with van der Waals surface area (Å²) in [5.41, 5.74) is 2.87. The third kappa shape index (κ3) is 6.61. The zero-order valence-electron chi connectivity index (χ0n) is 20.3. The number of anilines is 1. The summed E-state index contributed by atoms with van der Waals surface area (Å²) in [5, 5.41) is 7.22. The van der Waals surface area contributed by atoms with E-state index in [-0.39, 0.29) is 6.61 Å². The number of hydrogen-bond donors (Lipinski definition) is 1. The van der Waals surface area contributed by atoms with Crippen LogP contribution in [0.15, 0.2) is 83.4 Å². The van der Waals surface area contributed by atoms with Gasteiger partial charge in [-0.25, -0.2) is 14.3 Å². The molecule has 0 spiro atoms. The van der Waals surface area contributed by atoms with Gasteiger partial charge in [-0.05, 0) is 68.5 Å². The van der Waals surface area contributed by atoms with Crippen molar-refractivity contribution in [2.75, 3.05) is 18.5 Å². The maximum absolute atomic E-state index is 12.3. The number of benzene rings is 2. The highest BCUT2D eigenvalue weighted by Crippen LogP contribution is 2.26. The first-order valence-corrected chi connectivity index (χ1v) is 11.6. The zero-order chi connectivity index (χ0) is 26.2. The molecule has 0 unspecified atom stereocenters. The van der Waals surface area contributed by atoms with E-state index in [4.69, 9.17) is 13.9 Å². The number of carbonyl (C=O) groups excluding carboxylic acids is 3. The Hall–Kier alpha value is -4.92. The number of rotatable bonds is 9. The van der Waals surface area contributed by atoms with Gasteiger partial charge in [0.25, 0.3) is 5.91 Å². The number of furan rings is 1. The molecule has 0 aliphatic rings. The van der Waals surface area contributed by atoms with Crippen molar-refractivity contribution >= 4 is 29.6 Å². The summed E-state index contributed by atoms with van der Waals surface area (Å²) in [4.78, 5) is 36.2. The minimum Gasteiger partial charge on any atom is -0.462 e. The monoisotopic (exact) mass is 499 g/mol. The van der Waals surface area contributed by atoms with Crippen molar-refractivity contribution in [1.29, 1.82) is 0 Å². The Morgan fingerprint density at radius 1 is 1.00 bits per heavy atom. The SMILES string of the molecule is CCOC(=O)c1ccc(NC(=O)COC(=O)C=Cc2cn(-c3ccccc3)nc2-c2ccc(C)o2)cc1. The fraction of sp³-hybridized carbons (Fsp3) is 0.143. The molecule has 9 nitrogen and oxygen atoms in total. The molecule has 9 heteroatoms. The summed E-state index contributed by atoms with van der Waals surface area (Å²) in [5.74, 6) is -0.356. The molecule has 0 saturated heterocycles. The van der Waals surface area contributed by atoms with Crippen LogP contribution in [0, 0.1) is 6.92 Å². The van der Waals surface area contributed by atoms with E-state index in [0.717, 1.165) is 11.4 Å². The van der Waals surface area contributed by atoms with Crippen molar-refractivity contribution in [3.63, 3.8) is 0 Å². The van der Waals surface area contributed by atoms with E-state index in [9.17, 15) is 14.4 Å². The maximum Gasteiger partial charge on any atom is 0.338 e. The van der Waals surface area contributed by atoms with Gasteiger partial charge in [-0.3, -0.25) is 4.79 Å². The smallest absolute Gasteiger partial charge is 0.338 e. The number of ether oxygens (including phenoxy) is 2. The van der Waals surface area contributed by atoms with Crippen molar-refractivity contribution in [2.45, 2.75) is 13.8 Å². The quantitative estimate of drug-likeness (QED) is 0.260. The van der Waals surface area contributed by atoms with Gasteiger partial charge in [0.2, 0.25) is 0 Å². The van der Waals surface area contributed by atoms with Gasteiger partial charge < -0.3 is 19.2 Å². The number of amides is 1. The minimum absolute atomic E-state index is 0.274. The molecule has 0 aliphatic heterocycles. The molecule has 0 atom stereocenters. The van der Waals surface area contributed by atoms with Crippen LogP contribution in [0.5, 0.6) is 0 Å². The molecule has 1 N–H and O–H groups in total. The largest absolute Gasteiger partial charge is 0.462 e. The van der Waals surface area contributed by atoms with Crippen LogP contribution >= 0.6 is 0 Å². The van der Waals surface area contributed by atoms with Crippen molar-refractivity contribution in [1.82, 2.24) is 9.78 Å². The second kappa shape index (κ2) is 11.7. The highest BCUT2D eigenvalue weighted by molar-refractivity contribution is 5.95. The van der Waals surface area contributed by atoms with E-state index in [1.165, 1.54) is 18.2 Å². The summed E-state index contributed by atoms with van der Waals surface area (Å²) >= 11 is 0. The topological polar surface area (TPSA) is 113 Å². The fourth-order valence-corrected chi connectivity index (χ4v) is 3.42. The summed E-state index contributed by atoms with van der Waals surface area (Å²) < 4.78 is 17.4. The third-order valence-corrected chi connectivity index (χ3v) is 5.16. The molecule has 0 radical (unpaired) electrons. The second-order valence-electron chi connectivity index (χ2n) is 7.91. The Morgan fingerprint density at radius 2 is 1.76 bits per heavy atom. The number of hydrogen-bond acceptors (Lipinski definition) is 7. The molecule has 4 aromatic rings. The van der Waals surface area contributed by atoms with Gasteiger partial charge in [-0.15, -0.1) is 0 Å². The highest BCUT2D eigenvalue weighted by Gasteiger charge is 2.14. The van der Waals surface area contributed by atoms with Crippen molar-refractivity contribution in [3.05, 3.63) is 95.9 Å². The first-order chi connectivity index (χ1) is 17.9. The molecule has 4 rings (SSSR count). The number of nitrogens with one attached hydrogen (secondary N) is 1. The Bertz CT molecular complexity index is 1420. The number of aryl methyl sites for hydroxylation is 1. The van der Waals surface area contributed by atoms with E-state index < -0.39 is 24.5 Å². The average molecular weight is 500 g/mol. The van der Waals surface area contributed by atoms with E-state index in [0.29, 0.717) is 28.3 Å². The van der Waals surface area contributed by atoms with Crippen molar-refractivity contribution in [3.8, 4) is 17.1 Å². The van der Waals surface area contributed by atoms with Gasteiger partial charge in [0, 0.05) is 23.5 Å². The van der Waals surface area contributed by atoms with Crippen LogP contribution in [-0.2, 0) is 19.1 Å². The predicted octanol–water partition coefficient (Wildman–Crippen LogP) is 4.81. The molecule has 0 fully saturated rings. The number of para-hydroxylation sites is 1. The summed E-state index contributed by atoms with van der Waals surface area (Å²) in [6.45, 7) is 3.36. The lowest BCUT2D eigenvalue weighted by Crippen LogP contribution is -2.20. The Labute approximate surface area is 213 Å². The van der Waals surface area contributed by atoms with Crippen LogP contribution in [0.2, 0.25) is 0 Å². The van der Waals surface area contributed by atoms with Gasteiger partial charge in [0.05, 0.1) is 17.9 Å². The van der Waals surface area contributed by atoms with E-state index >= 15 is 0 Å². The number of aromatic nitrogens is 2. The third-order valence-electron chi connectivity index (χ3n) is 5.16. The van der Waals surface area contributed by atoms with E-state index in [2.05, 4.69) is 10.4 Å². The molecule has 2 aromatic carbocycles. The number of esters is 2. The van der Waals surface area contributed by atoms with Gasteiger partial charge >= 0.3 is 11.9 Å². The summed E-state index contributed by atoms with van der Waals surface area (Å²) in [7, 11) is 0. The maximum atomic E-state index is 12.3. The predicted molar refractivity (Wildman–Crippen MR) is 137 cm³/mol. The number of carbonyl (C=O) groups is 3. The molecular weight excluding hydrogens is 474 g/mol. The van der Waals surface area contributed by atoms with Crippen LogP contribution in [0.4, 0.5) is 5.69 Å². The minimum atomic E-state index is -0.693. The average Bonchev–Trinajstić information content (AvgIpc) is 3.53. The molecule has 1 amide bonds. The van der Waals surface area contributed by atoms with Crippen LogP contribution in [-0.4, -0.2) is 40.8 Å². The van der Waals surface area contributed by atoms with Gasteiger partial charge in [0.1, 0.15) is 11.5 Å².